The lowest BCUT2D eigenvalue weighted by Crippen LogP contribution is -2.42. The van der Waals surface area contributed by atoms with Crippen LogP contribution >= 0.6 is 0 Å². The average molecular weight is 558 g/mol. The van der Waals surface area contributed by atoms with E-state index in [1.165, 1.54) is 30.1 Å². The molecule has 0 fully saturated rings. The van der Waals surface area contributed by atoms with Gasteiger partial charge in [0.15, 0.2) is 0 Å². The van der Waals surface area contributed by atoms with E-state index in [2.05, 4.69) is 21.9 Å². The Morgan fingerprint density at radius 3 is 2.73 bits per heavy atom. The van der Waals surface area contributed by atoms with Gasteiger partial charge in [-0.15, -0.1) is 5.10 Å². The molecule has 0 N–H and O–H groups in total. The number of allylic oxidation sites excluding steroid dienone is 3. The number of hydrogen-bond acceptors (Lipinski definition) is 6. The Labute approximate surface area is 228 Å². The van der Waals surface area contributed by atoms with E-state index in [0.29, 0.717) is 27.7 Å². The standard InChI is InChI=1S/C28H27F4N5O3/c1-4-20(26(39-3)13-18(2)40-16-19-7-6-12-33-14-19)23-15-37(35-34-23)25-11-10-21-22(29)8-5-9-24(21)36(27(25)38)17-28(30,31)32/h4-9,12-15,25H,2,10-11,16-17H2,1,3H3. The number of ether oxygens (including phenoxy) is 2. The quantitative estimate of drug-likeness (QED) is 0.195. The van der Waals surface area contributed by atoms with Crippen molar-refractivity contribution in [2.24, 2.45) is 0 Å². The first-order valence-electron chi connectivity index (χ1n) is 12.3. The molecule has 3 aromatic rings. The van der Waals surface area contributed by atoms with Gasteiger partial charge in [-0.1, -0.05) is 30.0 Å². The highest BCUT2D eigenvalue weighted by Gasteiger charge is 2.40. The fraction of sp³-hybridized carbons (Fsp3) is 0.286. The number of methoxy groups -OCH3 is 1. The zero-order valence-electron chi connectivity index (χ0n) is 21.9. The van der Waals surface area contributed by atoms with Crippen LogP contribution in [0, 0.1) is 5.82 Å². The molecule has 40 heavy (non-hydrogen) atoms. The number of amides is 1. The number of fused-ring (bicyclic) bond motifs is 1. The number of nitrogens with zero attached hydrogens (tertiary/aromatic N) is 5. The lowest BCUT2D eigenvalue weighted by molar-refractivity contribution is -0.134. The molecule has 210 valence electrons. The third-order valence-electron chi connectivity index (χ3n) is 6.26. The fourth-order valence-electron chi connectivity index (χ4n) is 4.40. The first kappa shape index (κ1) is 28.5. The van der Waals surface area contributed by atoms with E-state index in [9.17, 15) is 22.4 Å². The lowest BCUT2D eigenvalue weighted by atomic mass is 10.1. The summed E-state index contributed by atoms with van der Waals surface area (Å²) in [7, 11) is 1.45. The summed E-state index contributed by atoms with van der Waals surface area (Å²) in [6, 6.07) is 6.26. The average Bonchev–Trinajstić information content (AvgIpc) is 3.35. The summed E-state index contributed by atoms with van der Waals surface area (Å²) in [5.74, 6) is -0.894. The van der Waals surface area contributed by atoms with Crippen LogP contribution in [-0.2, 0) is 27.3 Å². The molecule has 1 unspecified atom stereocenters. The predicted molar refractivity (Wildman–Crippen MR) is 139 cm³/mol. The number of pyridine rings is 1. The normalized spacial score (nSPS) is 16.4. The minimum atomic E-state index is -4.70. The van der Waals surface area contributed by atoms with Crippen molar-refractivity contribution in [1.82, 2.24) is 20.0 Å². The molecule has 0 radical (unpaired) electrons. The first-order valence-corrected chi connectivity index (χ1v) is 12.3. The van der Waals surface area contributed by atoms with E-state index in [1.807, 2.05) is 6.07 Å². The van der Waals surface area contributed by atoms with Crippen molar-refractivity contribution >= 4 is 17.2 Å². The van der Waals surface area contributed by atoms with E-state index in [4.69, 9.17) is 9.47 Å². The molecule has 3 heterocycles. The number of aromatic nitrogens is 4. The molecule has 1 aromatic carbocycles. The summed E-state index contributed by atoms with van der Waals surface area (Å²) in [5.41, 5.74) is 1.58. The van der Waals surface area contributed by atoms with Crippen LogP contribution in [0.25, 0.3) is 5.57 Å². The summed E-state index contributed by atoms with van der Waals surface area (Å²) in [6.45, 7) is 4.31. The molecule has 1 aliphatic rings. The Balaban J connectivity index is 1.58. The molecule has 8 nitrogen and oxygen atoms in total. The number of hydrogen-bond donors (Lipinski definition) is 0. The Morgan fingerprint density at radius 2 is 2.05 bits per heavy atom. The Hall–Kier alpha value is -4.48. The van der Waals surface area contributed by atoms with Gasteiger partial charge in [-0.05, 0) is 38.0 Å². The van der Waals surface area contributed by atoms with Crippen LogP contribution < -0.4 is 4.90 Å². The molecule has 1 aliphatic heterocycles. The van der Waals surface area contributed by atoms with Crippen molar-refractivity contribution in [3.63, 3.8) is 0 Å². The van der Waals surface area contributed by atoms with Crippen LogP contribution in [-0.4, -0.2) is 45.7 Å². The second kappa shape index (κ2) is 12.1. The molecule has 1 amide bonds. The number of rotatable bonds is 9. The van der Waals surface area contributed by atoms with Gasteiger partial charge in [-0.25, -0.2) is 9.07 Å². The van der Waals surface area contributed by atoms with Crippen molar-refractivity contribution < 1.29 is 31.8 Å². The van der Waals surface area contributed by atoms with Crippen LogP contribution in [0.1, 0.15) is 36.2 Å². The van der Waals surface area contributed by atoms with Gasteiger partial charge in [-0.2, -0.15) is 13.2 Å². The molecule has 4 rings (SSSR count). The third-order valence-corrected chi connectivity index (χ3v) is 6.26. The van der Waals surface area contributed by atoms with Gasteiger partial charge in [0.1, 0.15) is 42.2 Å². The van der Waals surface area contributed by atoms with E-state index in [-0.39, 0.29) is 30.7 Å². The van der Waals surface area contributed by atoms with Gasteiger partial charge in [0.05, 0.1) is 19.0 Å². The van der Waals surface area contributed by atoms with Gasteiger partial charge in [0.25, 0.3) is 5.91 Å². The summed E-state index contributed by atoms with van der Waals surface area (Å²) in [6.07, 6.45) is 3.40. The zero-order chi connectivity index (χ0) is 28.9. The van der Waals surface area contributed by atoms with E-state index in [1.54, 1.807) is 37.5 Å². The van der Waals surface area contributed by atoms with Crippen molar-refractivity contribution in [3.8, 4) is 0 Å². The number of carbonyl (C=O) groups is 1. The SMILES string of the molecule is C=C(C=C(OC)C(=CC)c1cn(C2CCc3c(F)cccc3N(CC(F)(F)F)C2=O)nn1)OCc1cccnc1. The van der Waals surface area contributed by atoms with Gasteiger partial charge in [0, 0.05) is 35.2 Å². The molecule has 0 spiro atoms. The van der Waals surface area contributed by atoms with Gasteiger partial charge in [-0.3, -0.25) is 9.78 Å². The number of carbonyl (C=O) groups excluding carboxylic acids is 1. The smallest absolute Gasteiger partial charge is 0.406 e. The largest absolute Gasteiger partial charge is 0.496 e. The maximum absolute atomic E-state index is 14.6. The molecular formula is C28H27F4N5O3. The van der Waals surface area contributed by atoms with Crippen molar-refractivity contribution in [2.45, 2.75) is 38.6 Å². The molecule has 12 heteroatoms. The van der Waals surface area contributed by atoms with E-state index < -0.39 is 30.5 Å². The van der Waals surface area contributed by atoms with Gasteiger partial charge >= 0.3 is 6.18 Å². The molecular weight excluding hydrogens is 530 g/mol. The van der Waals surface area contributed by atoms with E-state index in [0.717, 1.165) is 11.6 Å². The highest BCUT2D eigenvalue weighted by Crippen LogP contribution is 2.35. The summed E-state index contributed by atoms with van der Waals surface area (Å²) < 4.78 is 67.3. The van der Waals surface area contributed by atoms with Crippen LogP contribution in [0.3, 0.4) is 0 Å². The summed E-state index contributed by atoms with van der Waals surface area (Å²) in [5, 5.41) is 8.19. The minimum absolute atomic E-state index is 0.0288. The molecule has 0 saturated carbocycles. The number of benzene rings is 1. The fourth-order valence-corrected chi connectivity index (χ4v) is 4.40. The van der Waals surface area contributed by atoms with Crippen molar-refractivity contribution in [1.29, 1.82) is 0 Å². The highest BCUT2D eigenvalue weighted by atomic mass is 19.4. The molecule has 0 aliphatic carbocycles. The molecule has 1 atom stereocenters. The van der Waals surface area contributed by atoms with Crippen LogP contribution in [0.4, 0.5) is 23.2 Å². The lowest BCUT2D eigenvalue weighted by Gasteiger charge is -2.26. The van der Waals surface area contributed by atoms with Crippen LogP contribution in [0.2, 0.25) is 0 Å². The number of anilines is 1. The van der Waals surface area contributed by atoms with Crippen LogP contribution in [0.15, 0.2) is 79.2 Å². The Morgan fingerprint density at radius 1 is 1.25 bits per heavy atom. The van der Waals surface area contributed by atoms with E-state index >= 15 is 0 Å². The molecule has 0 bridgehead atoms. The maximum atomic E-state index is 14.6. The first-order chi connectivity index (χ1) is 19.1. The Bertz CT molecular complexity index is 1430. The predicted octanol–water partition coefficient (Wildman–Crippen LogP) is 5.56. The summed E-state index contributed by atoms with van der Waals surface area (Å²) in [4.78, 5) is 18.0. The summed E-state index contributed by atoms with van der Waals surface area (Å²) >= 11 is 0. The monoisotopic (exact) mass is 557 g/mol. The minimum Gasteiger partial charge on any atom is -0.496 e. The third kappa shape index (κ3) is 6.56. The second-order valence-corrected chi connectivity index (χ2v) is 8.95. The van der Waals surface area contributed by atoms with Gasteiger partial charge < -0.3 is 14.4 Å². The van der Waals surface area contributed by atoms with Gasteiger partial charge in [0.2, 0.25) is 0 Å². The van der Waals surface area contributed by atoms with Crippen LogP contribution in [0.5, 0.6) is 0 Å². The highest BCUT2D eigenvalue weighted by molar-refractivity contribution is 5.97. The zero-order valence-corrected chi connectivity index (χ0v) is 21.9. The molecule has 0 saturated heterocycles. The topological polar surface area (TPSA) is 82.4 Å². The van der Waals surface area contributed by atoms with Crippen molar-refractivity contribution in [3.05, 3.63) is 102 Å². The Kier molecular flexibility index (Phi) is 8.66. The van der Waals surface area contributed by atoms with Crippen molar-refractivity contribution in [2.75, 3.05) is 18.6 Å². The maximum Gasteiger partial charge on any atom is 0.406 e. The number of alkyl halides is 3. The second-order valence-electron chi connectivity index (χ2n) is 8.95. The number of halogens is 4. The molecule has 2 aromatic heterocycles.